The summed E-state index contributed by atoms with van der Waals surface area (Å²) in [7, 11) is -3.40. The molecule has 0 spiro atoms. The molecule has 0 unspecified atom stereocenters. The maximum atomic E-state index is 13.2. The van der Waals surface area contributed by atoms with Crippen LogP contribution in [0.1, 0.15) is 34.5 Å². The Morgan fingerprint density at radius 3 is 2.62 bits per heavy atom. The molecule has 1 amide bonds. The summed E-state index contributed by atoms with van der Waals surface area (Å²) in [4.78, 5) is 20.4. The van der Waals surface area contributed by atoms with E-state index in [9.17, 15) is 26.4 Å². The SMILES string of the molecule is CS(=O)(=O)/C=C/[C@@H](NC(=O)c1ccc(C(F)(F)F)nc1NCc1cccnc1N)C1CC1. The second kappa shape index (κ2) is 9.15. The molecule has 2 aromatic heterocycles. The number of anilines is 2. The second-order valence-electron chi connectivity index (χ2n) is 7.49. The molecule has 0 saturated heterocycles. The van der Waals surface area contributed by atoms with Crippen LogP contribution in [-0.2, 0) is 22.6 Å². The van der Waals surface area contributed by atoms with E-state index in [1.54, 1.807) is 12.1 Å². The molecule has 2 aromatic rings. The number of alkyl halides is 3. The van der Waals surface area contributed by atoms with Gasteiger partial charge in [0, 0.05) is 30.0 Å². The van der Waals surface area contributed by atoms with Crippen molar-refractivity contribution in [1.82, 2.24) is 15.3 Å². The monoisotopic (exact) mass is 469 g/mol. The average Bonchev–Trinajstić information content (AvgIpc) is 3.54. The summed E-state index contributed by atoms with van der Waals surface area (Å²) in [6.45, 7) is -0.00566. The zero-order valence-corrected chi connectivity index (χ0v) is 17.9. The van der Waals surface area contributed by atoms with Crippen LogP contribution < -0.4 is 16.4 Å². The van der Waals surface area contributed by atoms with Gasteiger partial charge in [0.25, 0.3) is 5.91 Å². The average molecular weight is 469 g/mol. The number of hydrogen-bond acceptors (Lipinski definition) is 7. The normalized spacial score (nSPS) is 15.5. The molecular formula is C20H22F3N5O3S. The third-order valence-corrected chi connectivity index (χ3v) is 5.41. The standard InChI is InChI=1S/C20H22F3N5O3S/c1-32(30,31)10-8-15(12-4-5-12)27-19(29)14-6-7-16(20(21,22)23)28-18(14)26-11-13-3-2-9-25-17(13)24/h2-3,6-10,12,15H,4-5,11H2,1H3,(H2,24,25)(H,26,28)(H,27,29)/b10-8+/t15-/m1/s1. The minimum Gasteiger partial charge on any atom is -0.383 e. The first-order valence-corrected chi connectivity index (χ1v) is 11.6. The number of nitrogens with zero attached hydrogens (tertiary/aromatic N) is 2. The summed E-state index contributed by atoms with van der Waals surface area (Å²) in [5, 5.41) is 6.43. The van der Waals surface area contributed by atoms with Crippen molar-refractivity contribution in [2.24, 2.45) is 5.92 Å². The van der Waals surface area contributed by atoms with Crippen molar-refractivity contribution in [2.45, 2.75) is 31.6 Å². The predicted molar refractivity (Wildman–Crippen MR) is 113 cm³/mol. The molecule has 172 valence electrons. The molecule has 3 rings (SSSR count). The molecule has 1 aliphatic rings. The molecule has 4 N–H and O–H groups in total. The lowest BCUT2D eigenvalue weighted by Gasteiger charge is -2.18. The zero-order valence-electron chi connectivity index (χ0n) is 17.1. The largest absolute Gasteiger partial charge is 0.433 e. The number of pyridine rings is 2. The fraction of sp³-hybridized carbons (Fsp3) is 0.350. The first-order valence-electron chi connectivity index (χ1n) is 9.64. The van der Waals surface area contributed by atoms with Gasteiger partial charge in [-0.15, -0.1) is 0 Å². The Balaban J connectivity index is 1.87. The van der Waals surface area contributed by atoms with Crippen LogP contribution >= 0.6 is 0 Å². The summed E-state index contributed by atoms with van der Waals surface area (Å²) in [6, 6.07) is 4.44. The van der Waals surface area contributed by atoms with Crippen LogP contribution in [0.3, 0.4) is 0 Å². The van der Waals surface area contributed by atoms with Crippen molar-refractivity contribution in [3.8, 4) is 0 Å². The summed E-state index contributed by atoms with van der Waals surface area (Å²) in [6.07, 6.45) is 0.786. The lowest BCUT2D eigenvalue weighted by molar-refractivity contribution is -0.141. The van der Waals surface area contributed by atoms with Crippen LogP contribution in [0.25, 0.3) is 0 Å². The highest BCUT2D eigenvalue weighted by Crippen LogP contribution is 2.34. The number of halogens is 3. The summed E-state index contributed by atoms with van der Waals surface area (Å²) in [5.74, 6) is -0.700. The van der Waals surface area contributed by atoms with E-state index in [2.05, 4.69) is 20.6 Å². The molecule has 0 aliphatic heterocycles. The minimum atomic E-state index is -4.70. The Morgan fingerprint density at radius 2 is 2.03 bits per heavy atom. The van der Waals surface area contributed by atoms with E-state index < -0.39 is 33.7 Å². The van der Waals surface area contributed by atoms with Crippen molar-refractivity contribution in [2.75, 3.05) is 17.3 Å². The number of rotatable bonds is 8. The summed E-state index contributed by atoms with van der Waals surface area (Å²) >= 11 is 0. The molecule has 0 aromatic carbocycles. The van der Waals surface area contributed by atoms with Gasteiger partial charge in [0.05, 0.1) is 11.6 Å². The Labute approximate surface area is 183 Å². The highest BCUT2D eigenvalue weighted by atomic mass is 32.2. The van der Waals surface area contributed by atoms with Crippen molar-refractivity contribution in [3.63, 3.8) is 0 Å². The maximum Gasteiger partial charge on any atom is 0.433 e. The molecule has 12 heteroatoms. The van der Waals surface area contributed by atoms with Gasteiger partial charge in [0.2, 0.25) is 0 Å². The summed E-state index contributed by atoms with van der Waals surface area (Å²) in [5.41, 5.74) is 5.01. The van der Waals surface area contributed by atoms with E-state index in [4.69, 9.17) is 5.73 Å². The second-order valence-corrected chi connectivity index (χ2v) is 9.42. The molecule has 0 radical (unpaired) electrons. The van der Waals surface area contributed by atoms with Gasteiger partial charge in [0.1, 0.15) is 17.3 Å². The highest BCUT2D eigenvalue weighted by molar-refractivity contribution is 7.93. The van der Waals surface area contributed by atoms with Crippen LogP contribution in [-0.4, -0.2) is 36.6 Å². The zero-order chi connectivity index (χ0) is 23.5. The first-order chi connectivity index (χ1) is 14.9. The number of carbonyl (C=O) groups is 1. The van der Waals surface area contributed by atoms with Gasteiger partial charge in [0.15, 0.2) is 9.84 Å². The molecule has 32 heavy (non-hydrogen) atoms. The minimum absolute atomic E-state index is 0.00566. The van der Waals surface area contributed by atoms with Crippen LogP contribution in [0.4, 0.5) is 24.8 Å². The van der Waals surface area contributed by atoms with E-state index in [1.807, 2.05) is 0 Å². The van der Waals surface area contributed by atoms with Crippen LogP contribution in [0.5, 0.6) is 0 Å². The van der Waals surface area contributed by atoms with Gasteiger partial charge in [-0.1, -0.05) is 12.1 Å². The smallest absolute Gasteiger partial charge is 0.383 e. The Morgan fingerprint density at radius 1 is 1.31 bits per heavy atom. The molecule has 1 fully saturated rings. The van der Waals surface area contributed by atoms with E-state index in [1.165, 1.54) is 12.3 Å². The van der Waals surface area contributed by atoms with Crippen molar-refractivity contribution >= 4 is 27.4 Å². The number of amides is 1. The van der Waals surface area contributed by atoms with Crippen LogP contribution in [0.15, 0.2) is 41.9 Å². The topological polar surface area (TPSA) is 127 Å². The molecule has 1 saturated carbocycles. The highest BCUT2D eigenvalue weighted by Gasteiger charge is 2.35. The molecule has 1 atom stereocenters. The quantitative estimate of drug-likeness (QED) is 0.543. The number of sulfone groups is 1. The van der Waals surface area contributed by atoms with E-state index in [-0.39, 0.29) is 29.7 Å². The Kier molecular flexibility index (Phi) is 6.72. The fourth-order valence-corrected chi connectivity index (χ4v) is 3.40. The van der Waals surface area contributed by atoms with Crippen molar-refractivity contribution in [3.05, 3.63) is 58.8 Å². The number of nitrogens with two attached hydrogens (primary N) is 1. The lowest BCUT2D eigenvalue weighted by atomic mass is 10.1. The number of hydrogen-bond donors (Lipinski definition) is 3. The molecule has 0 bridgehead atoms. The third-order valence-electron chi connectivity index (χ3n) is 4.76. The van der Waals surface area contributed by atoms with Gasteiger partial charge in [-0.05, 0) is 37.0 Å². The van der Waals surface area contributed by atoms with Crippen LogP contribution in [0, 0.1) is 5.92 Å². The van der Waals surface area contributed by atoms with Crippen LogP contribution in [0.2, 0.25) is 0 Å². The Hall–Kier alpha value is -3.15. The van der Waals surface area contributed by atoms with Gasteiger partial charge >= 0.3 is 6.18 Å². The fourth-order valence-electron chi connectivity index (χ4n) is 2.95. The molecule has 1 aliphatic carbocycles. The van der Waals surface area contributed by atoms with E-state index in [0.29, 0.717) is 5.56 Å². The predicted octanol–water partition coefficient (Wildman–Crippen LogP) is 2.76. The number of aromatic nitrogens is 2. The number of nitrogens with one attached hydrogen (secondary N) is 2. The van der Waals surface area contributed by atoms with Crippen molar-refractivity contribution in [1.29, 1.82) is 0 Å². The Bertz CT molecular complexity index is 1130. The van der Waals surface area contributed by atoms with E-state index >= 15 is 0 Å². The number of carbonyl (C=O) groups excluding carboxylic acids is 1. The van der Waals surface area contributed by atoms with Gasteiger partial charge in [-0.3, -0.25) is 4.79 Å². The van der Waals surface area contributed by atoms with Gasteiger partial charge in [-0.2, -0.15) is 13.2 Å². The molecule has 8 nitrogen and oxygen atoms in total. The van der Waals surface area contributed by atoms with E-state index in [0.717, 1.165) is 36.6 Å². The van der Waals surface area contributed by atoms with Crippen molar-refractivity contribution < 1.29 is 26.4 Å². The molecule has 2 heterocycles. The lowest BCUT2D eigenvalue weighted by Crippen LogP contribution is -2.35. The number of nitrogen functional groups attached to an aromatic ring is 1. The molecular weight excluding hydrogens is 447 g/mol. The maximum absolute atomic E-state index is 13.2. The van der Waals surface area contributed by atoms with Gasteiger partial charge in [-0.25, -0.2) is 18.4 Å². The first kappa shape index (κ1) is 23.5. The van der Waals surface area contributed by atoms with Gasteiger partial charge < -0.3 is 16.4 Å². The third kappa shape index (κ3) is 6.42. The summed E-state index contributed by atoms with van der Waals surface area (Å²) < 4.78 is 62.4.